The molecule has 1 unspecified atom stereocenters. The van der Waals surface area contributed by atoms with Crippen LogP contribution in [0.4, 0.5) is 5.69 Å². The molecular formula is C15H17N3O2. The minimum Gasteiger partial charge on any atom is -0.492 e. The molecule has 0 spiro atoms. The van der Waals surface area contributed by atoms with Gasteiger partial charge < -0.3 is 10.1 Å². The summed E-state index contributed by atoms with van der Waals surface area (Å²) < 4.78 is 7.35. The lowest BCUT2D eigenvalue weighted by Crippen LogP contribution is -2.22. The van der Waals surface area contributed by atoms with E-state index in [1.165, 1.54) is 0 Å². The smallest absolute Gasteiger partial charge is 0.235 e. The fourth-order valence-electron chi connectivity index (χ4n) is 2.29. The Labute approximate surface area is 117 Å². The zero-order valence-corrected chi connectivity index (χ0v) is 11.5. The minimum absolute atomic E-state index is 0.0572. The number of para-hydroxylation sites is 1. The van der Waals surface area contributed by atoms with Crippen molar-refractivity contribution in [3.05, 3.63) is 42.2 Å². The highest BCUT2D eigenvalue weighted by Gasteiger charge is 2.30. The number of amides is 1. The molecule has 1 aromatic heterocycles. The topological polar surface area (TPSA) is 56.2 Å². The molecule has 1 aromatic carbocycles. The normalized spacial score (nSPS) is 16.9. The Balaban J connectivity index is 1.74. The number of anilines is 1. The van der Waals surface area contributed by atoms with Gasteiger partial charge in [-0.3, -0.25) is 9.48 Å². The molecule has 1 atom stereocenters. The molecule has 0 radical (unpaired) electrons. The highest BCUT2D eigenvalue weighted by molar-refractivity contribution is 5.96. The maximum Gasteiger partial charge on any atom is 0.235 e. The first-order chi connectivity index (χ1) is 9.65. The Morgan fingerprint density at radius 1 is 1.45 bits per heavy atom. The Kier molecular flexibility index (Phi) is 3.18. The van der Waals surface area contributed by atoms with Gasteiger partial charge in [0.1, 0.15) is 18.3 Å². The number of hydrogen-bond acceptors (Lipinski definition) is 3. The number of hydrogen-bond donors (Lipinski definition) is 1. The lowest BCUT2D eigenvalue weighted by atomic mass is 10.0. The molecule has 0 saturated heterocycles. The van der Waals surface area contributed by atoms with Crippen LogP contribution in [0.2, 0.25) is 0 Å². The molecule has 1 amide bonds. The van der Waals surface area contributed by atoms with E-state index in [1.54, 1.807) is 6.20 Å². The number of carbonyl (C=O) groups is 1. The van der Waals surface area contributed by atoms with E-state index in [0.29, 0.717) is 12.3 Å². The molecule has 0 aliphatic carbocycles. The van der Waals surface area contributed by atoms with Crippen molar-refractivity contribution in [1.29, 1.82) is 0 Å². The highest BCUT2D eigenvalue weighted by atomic mass is 16.5. The van der Waals surface area contributed by atoms with E-state index < -0.39 is 0 Å². The minimum atomic E-state index is -0.256. The third-order valence-electron chi connectivity index (χ3n) is 3.41. The number of benzene rings is 1. The van der Waals surface area contributed by atoms with Gasteiger partial charge in [0.2, 0.25) is 5.91 Å². The van der Waals surface area contributed by atoms with Crippen molar-refractivity contribution < 1.29 is 9.53 Å². The SMILES string of the molecule is CC(C)n1cc(NC(=O)C2COc3ccccc32)cn1. The predicted octanol–water partition coefficient (Wildman–Crippen LogP) is 2.58. The molecule has 2 heterocycles. The largest absolute Gasteiger partial charge is 0.492 e. The number of ether oxygens (including phenoxy) is 1. The highest BCUT2D eigenvalue weighted by Crippen LogP contribution is 2.34. The summed E-state index contributed by atoms with van der Waals surface area (Å²) in [6, 6.07) is 7.93. The second kappa shape index (κ2) is 5.00. The molecule has 0 bridgehead atoms. The van der Waals surface area contributed by atoms with Crippen LogP contribution in [0.3, 0.4) is 0 Å². The van der Waals surface area contributed by atoms with E-state index >= 15 is 0 Å². The molecule has 0 fully saturated rings. The monoisotopic (exact) mass is 271 g/mol. The van der Waals surface area contributed by atoms with Gasteiger partial charge in [0.15, 0.2) is 0 Å². The van der Waals surface area contributed by atoms with Gasteiger partial charge in [-0.05, 0) is 19.9 Å². The van der Waals surface area contributed by atoms with E-state index in [2.05, 4.69) is 10.4 Å². The van der Waals surface area contributed by atoms with Crippen LogP contribution in [0.15, 0.2) is 36.7 Å². The average molecular weight is 271 g/mol. The maximum atomic E-state index is 12.3. The third kappa shape index (κ3) is 2.27. The van der Waals surface area contributed by atoms with Crippen LogP contribution >= 0.6 is 0 Å². The van der Waals surface area contributed by atoms with E-state index in [-0.39, 0.29) is 17.9 Å². The molecule has 1 aliphatic rings. The first-order valence-electron chi connectivity index (χ1n) is 6.72. The third-order valence-corrected chi connectivity index (χ3v) is 3.41. The molecule has 104 valence electrons. The Hall–Kier alpha value is -2.30. The van der Waals surface area contributed by atoms with Gasteiger partial charge in [0.25, 0.3) is 0 Å². The predicted molar refractivity (Wildman–Crippen MR) is 75.9 cm³/mol. The maximum absolute atomic E-state index is 12.3. The summed E-state index contributed by atoms with van der Waals surface area (Å²) in [6.07, 6.45) is 3.50. The Morgan fingerprint density at radius 2 is 2.25 bits per heavy atom. The Morgan fingerprint density at radius 3 is 3.00 bits per heavy atom. The zero-order valence-electron chi connectivity index (χ0n) is 11.5. The average Bonchev–Trinajstić information content (AvgIpc) is 3.04. The van der Waals surface area contributed by atoms with Gasteiger partial charge in [-0.15, -0.1) is 0 Å². The van der Waals surface area contributed by atoms with Gasteiger partial charge in [0.05, 0.1) is 11.9 Å². The van der Waals surface area contributed by atoms with E-state index in [9.17, 15) is 4.79 Å². The molecular weight excluding hydrogens is 254 g/mol. The van der Waals surface area contributed by atoms with Crippen molar-refractivity contribution >= 4 is 11.6 Å². The molecule has 3 rings (SSSR count). The summed E-state index contributed by atoms with van der Waals surface area (Å²) in [5.74, 6) is 0.484. The number of fused-ring (bicyclic) bond motifs is 1. The standard InChI is InChI=1S/C15H17N3O2/c1-10(2)18-8-11(7-16-18)17-15(19)13-9-20-14-6-4-3-5-12(13)14/h3-8,10,13H,9H2,1-2H3,(H,17,19). The quantitative estimate of drug-likeness (QED) is 0.933. The Bertz CT molecular complexity index is 634. The number of carbonyl (C=O) groups excluding carboxylic acids is 1. The second-order valence-corrected chi connectivity index (χ2v) is 5.19. The van der Waals surface area contributed by atoms with Gasteiger partial charge in [-0.1, -0.05) is 18.2 Å². The van der Waals surface area contributed by atoms with E-state index in [4.69, 9.17) is 4.74 Å². The molecule has 0 saturated carbocycles. The van der Waals surface area contributed by atoms with Gasteiger partial charge >= 0.3 is 0 Å². The lowest BCUT2D eigenvalue weighted by Gasteiger charge is -2.08. The number of rotatable bonds is 3. The fraction of sp³-hybridized carbons (Fsp3) is 0.333. The lowest BCUT2D eigenvalue weighted by molar-refractivity contribution is -0.117. The summed E-state index contributed by atoms with van der Waals surface area (Å²) >= 11 is 0. The van der Waals surface area contributed by atoms with Crippen molar-refractivity contribution in [2.24, 2.45) is 0 Å². The van der Waals surface area contributed by atoms with Crippen molar-refractivity contribution in [2.45, 2.75) is 25.8 Å². The van der Waals surface area contributed by atoms with Crippen LogP contribution in [0.25, 0.3) is 0 Å². The van der Waals surface area contributed by atoms with Crippen LogP contribution in [0, 0.1) is 0 Å². The first-order valence-corrected chi connectivity index (χ1v) is 6.72. The van der Waals surface area contributed by atoms with E-state index in [0.717, 1.165) is 11.3 Å². The summed E-state index contributed by atoms with van der Waals surface area (Å²) in [4.78, 5) is 12.3. The molecule has 5 heteroatoms. The van der Waals surface area contributed by atoms with Gasteiger partial charge in [-0.2, -0.15) is 5.10 Å². The van der Waals surface area contributed by atoms with Crippen LogP contribution < -0.4 is 10.1 Å². The second-order valence-electron chi connectivity index (χ2n) is 5.19. The van der Waals surface area contributed by atoms with E-state index in [1.807, 2.05) is 49.0 Å². The molecule has 1 N–H and O–H groups in total. The molecule has 2 aromatic rings. The first kappa shape index (κ1) is 12.7. The molecule has 1 aliphatic heterocycles. The van der Waals surface area contributed by atoms with Crippen molar-refractivity contribution in [1.82, 2.24) is 9.78 Å². The number of aromatic nitrogens is 2. The summed E-state index contributed by atoms with van der Waals surface area (Å²) in [5.41, 5.74) is 1.66. The van der Waals surface area contributed by atoms with Crippen molar-refractivity contribution in [2.75, 3.05) is 11.9 Å². The number of nitrogens with zero attached hydrogens (tertiary/aromatic N) is 2. The van der Waals surface area contributed by atoms with Gasteiger partial charge in [-0.25, -0.2) is 0 Å². The van der Waals surface area contributed by atoms with Crippen LogP contribution in [-0.4, -0.2) is 22.3 Å². The van der Waals surface area contributed by atoms with Crippen LogP contribution in [0.5, 0.6) is 5.75 Å². The van der Waals surface area contributed by atoms with Crippen LogP contribution in [0.1, 0.15) is 31.4 Å². The summed E-state index contributed by atoms with van der Waals surface area (Å²) in [5, 5.41) is 7.11. The fourth-order valence-corrected chi connectivity index (χ4v) is 2.29. The van der Waals surface area contributed by atoms with Crippen LogP contribution in [-0.2, 0) is 4.79 Å². The van der Waals surface area contributed by atoms with Crippen molar-refractivity contribution in [3.63, 3.8) is 0 Å². The van der Waals surface area contributed by atoms with Crippen molar-refractivity contribution in [3.8, 4) is 5.75 Å². The zero-order chi connectivity index (χ0) is 14.1. The van der Waals surface area contributed by atoms with Gasteiger partial charge in [0, 0.05) is 17.8 Å². The molecule has 5 nitrogen and oxygen atoms in total. The summed E-state index contributed by atoms with van der Waals surface area (Å²) in [7, 11) is 0. The number of nitrogens with one attached hydrogen (secondary N) is 1. The summed E-state index contributed by atoms with van der Waals surface area (Å²) in [6.45, 7) is 4.48. The molecule has 20 heavy (non-hydrogen) atoms.